The molecular formula is C25H25F2N7O2. The summed E-state index contributed by atoms with van der Waals surface area (Å²) in [6, 6.07) is 7.56. The molecule has 1 aliphatic rings. The molecule has 0 aliphatic carbocycles. The Balaban J connectivity index is 1.68. The number of amides is 1. The van der Waals surface area contributed by atoms with Crippen molar-refractivity contribution in [2.24, 2.45) is 0 Å². The summed E-state index contributed by atoms with van der Waals surface area (Å²) in [6.07, 6.45) is 1.06. The molecule has 4 aromatic rings. The van der Waals surface area contributed by atoms with Crippen molar-refractivity contribution in [2.45, 2.75) is 45.3 Å². The third-order valence-electron chi connectivity index (χ3n) is 6.07. The highest BCUT2D eigenvalue weighted by atomic mass is 19.1. The molecule has 1 aliphatic heterocycles. The maximum atomic E-state index is 14.3. The average Bonchev–Trinajstić information content (AvgIpc) is 3.26. The molecule has 186 valence electrons. The van der Waals surface area contributed by atoms with E-state index in [1.807, 2.05) is 0 Å². The van der Waals surface area contributed by atoms with Gasteiger partial charge in [0.15, 0.2) is 11.5 Å². The Morgan fingerprint density at radius 2 is 1.94 bits per heavy atom. The van der Waals surface area contributed by atoms with Crippen LogP contribution in [-0.4, -0.2) is 47.9 Å². The summed E-state index contributed by atoms with van der Waals surface area (Å²) in [5, 5.41) is 21.1. The molecule has 0 fully saturated rings. The zero-order valence-corrected chi connectivity index (χ0v) is 20.2. The molecule has 0 atom stereocenters. The van der Waals surface area contributed by atoms with Gasteiger partial charge in [-0.15, -0.1) is 0 Å². The number of carbonyl (C=O) groups excluding carboxylic acids is 1. The minimum atomic E-state index is -1.06. The molecule has 0 saturated heterocycles. The lowest BCUT2D eigenvalue weighted by atomic mass is 9.87. The molecule has 3 aromatic heterocycles. The van der Waals surface area contributed by atoms with Crippen LogP contribution in [-0.2, 0) is 16.8 Å². The molecule has 0 unspecified atom stereocenters. The van der Waals surface area contributed by atoms with Crippen molar-refractivity contribution in [1.82, 2.24) is 24.7 Å². The first-order chi connectivity index (χ1) is 16.9. The number of pyridine rings is 1. The molecule has 0 bridgehead atoms. The van der Waals surface area contributed by atoms with Crippen LogP contribution in [0.3, 0.4) is 0 Å². The van der Waals surface area contributed by atoms with Gasteiger partial charge in [0.2, 0.25) is 5.91 Å². The fourth-order valence-corrected chi connectivity index (χ4v) is 4.15. The van der Waals surface area contributed by atoms with Crippen LogP contribution in [0.1, 0.15) is 38.8 Å². The van der Waals surface area contributed by atoms with Crippen LogP contribution in [0.4, 0.5) is 20.4 Å². The Kier molecular flexibility index (Phi) is 5.47. The van der Waals surface area contributed by atoms with Crippen molar-refractivity contribution in [3.05, 3.63) is 59.3 Å². The molecule has 9 nitrogen and oxygen atoms in total. The molecule has 3 N–H and O–H groups in total. The smallest absolute Gasteiger partial charge is 0.235 e. The molecule has 0 saturated carbocycles. The summed E-state index contributed by atoms with van der Waals surface area (Å²) < 4.78 is 30.1. The number of benzene rings is 1. The van der Waals surface area contributed by atoms with Crippen LogP contribution in [0, 0.1) is 11.6 Å². The second-order valence-electron chi connectivity index (χ2n) is 9.99. The van der Waals surface area contributed by atoms with Gasteiger partial charge in [-0.05, 0) is 39.8 Å². The molecule has 0 radical (unpaired) electrons. The van der Waals surface area contributed by atoms with Crippen LogP contribution < -0.4 is 10.6 Å². The quantitative estimate of drug-likeness (QED) is 0.375. The Morgan fingerprint density at radius 3 is 2.67 bits per heavy atom. The number of nitrogens with one attached hydrogen (secondary N) is 2. The fraction of sp³-hybridized carbons (Fsp3) is 0.320. The summed E-state index contributed by atoms with van der Waals surface area (Å²) >= 11 is 0. The Morgan fingerprint density at radius 1 is 1.19 bits per heavy atom. The molecule has 5 rings (SSSR count). The lowest BCUT2D eigenvalue weighted by Crippen LogP contribution is -2.32. The van der Waals surface area contributed by atoms with E-state index in [4.69, 9.17) is 0 Å². The number of halogens is 2. The normalized spacial score (nSPS) is 14.7. The lowest BCUT2D eigenvalue weighted by Gasteiger charge is -2.22. The molecule has 36 heavy (non-hydrogen) atoms. The number of anilines is 2. The minimum absolute atomic E-state index is 0.0559. The van der Waals surface area contributed by atoms with Gasteiger partial charge in [0, 0.05) is 12.1 Å². The first kappa shape index (κ1) is 23.7. The van der Waals surface area contributed by atoms with Crippen molar-refractivity contribution in [3.8, 4) is 11.5 Å². The third kappa shape index (κ3) is 4.15. The molecule has 4 heterocycles. The van der Waals surface area contributed by atoms with Crippen LogP contribution in [0.15, 0.2) is 36.5 Å². The van der Waals surface area contributed by atoms with E-state index in [-0.39, 0.29) is 30.5 Å². The number of fused-ring (bicyclic) bond motifs is 2. The summed E-state index contributed by atoms with van der Waals surface area (Å²) in [5.74, 6) is -0.463. The van der Waals surface area contributed by atoms with Gasteiger partial charge >= 0.3 is 0 Å². The van der Waals surface area contributed by atoms with Crippen LogP contribution >= 0.6 is 0 Å². The predicted molar refractivity (Wildman–Crippen MR) is 130 cm³/mol. The van der Waals surface area contributed by atoms with Crippen molar-refractivity contribution >= 4 is 28.6 Å². The summed E-state index contributed by atoms with van der Waals surface area (Å²) in [4.78, 5) is 26.0. The SMILES string of the molecule is CC(C)(O)CNc1nc(-c2nn(Cc3ccccc3F)c3ncc(F)cc23)nc2c1C(C)(C)C(=O)N2. The highest BCUT2D eigenvalue weighted by Crippen LogP contribution is 2.42. The van der Waals surface area contributed by atoms with Crippen LogP contribution in [0.5, 0.6) is 0 Å². The Labute approximate surface area is 205 Å². The molecule has 1 amide bonds. The number of hydrogen-bond acceptors (Lipinski definition) is 7. The Bertz CT molecular complexity index is 1510. The zero-order chi connectivity index (χ0) is 25.8. The second kappa shape index (κ2) is 8.30. The number of carbonyl (C=O) groups is 1. The number of hydrogen-bond donors (Lipinski definition) is 3. The topological polar surface area (TPSA) is 118 Å². The van der Waals surface area contributed by atoms with Gasteiger partial charge in [0.25, 0.3) is 0 Å². The Hall–Kier alpha value is -3.99. The monoisotopic (exact) mass is 493 g/mol. The first-order valence-corrected chi connectivity index (χ1v) is 11.4. The van der Waals surface area contributed by atoms with E-state index in [0.717, 1.165) is 6.20 Å². The van der Waals surface area contributed by atoms with Crippen molar-refractivity contribution in [3.63, 3.8) is 0 Å². The molecular weight excluding hydrogens is 468 g/mol. The van der Waals surface area contributed by atoms with Crippen LogP contribution in [0.2, 0.25) is 0 Å². The maximum Gasteiger partial charge on any atom is 0.235 e. The second-order valence-corrected chi connectivity index (χ2v) is 9.99. The van der Waals surface area contributed by atoms with Gasteiger partial charge < -0.3 is 15.7 Å². The van der Waals surface area contributed by atoms with E-state index < -0.39 is 22.7 Å². The van der Waals surface area contributed by atoms with Gasteiger partial charge in [-0.3, -0.25) is 4.79 Å². The van der Waals surface area contributed by atoms with Gasteiger partial charge in [-0.1, -0.05) is 18.2 Å². The zero-order valence-electron chi connectivity index (χ0n) is 20.2. The lowest BCUT2D eigenvalue weighted by molar-refractivity contribution is -0.119. The largest absolute Gasteiger partial charge is 0.389 e. The maximum absolute atomic E-state index is 14.3. The van der Waals surface area contributed by atoms with Crippen molar-refractivity contribution in [1.29, 1.82) is 0 Å². The summed E-state index contributed by atoms with van der Waals surface area (Å²) in [5.41, 5.74) is -0.485. The van der Waals surface area contributed by atoms with Crippen molar-refractivity contribution < 1.29 is 18.7 Å². The van der Waals surface area contributed by atoms with Gasteiger partial charge in [-0.25, -0.2) is 28.4 Å². The van der Waals surface area contributed by atoms with E-state index in [0.29, 0.717) is 33.8 Å². The summed E-state index contributed by atoms with van der Waals surface area (Å²) in [6.45, 7) is 7.00. The molecule has 1 aromatic carbocycles. The number of rotatable bonds is 6. The highest BCUT2D eigenvalue weighted by molar-refractivity contribution is 6.06. The van der Waals surface area contributed by atoms with Gasteiger partial charge in [-0.2, -0.15) is 5.10 Å². The van der Waals surface area contributed by atoms with Gasteiger partial charge in [0.1, 0.15) is 29.0 Å². The van der Waals surface area contributed by atoms with E-state index in [1.165, 1.54) is 16.8 Å². The average molecular weight is 494 g/mol. The number of nitrogens with zero attached hydrogens (tertiary/aromatic N) is 5. The van der Waals surface area contributed by atoms with E-state index in [2.05, 4.69) is 30.7 Å². The number of aromatic nitrogens is 5. The van der Waals surface area contributed by atoms with E-state index >= 15 is 0 Å². The van der Waals surface area contributed by atoms with E-state index in [9.17, 15) is 18.7 Å². The first-order valence-electron chi connectivity index (χ1n) is 11.4. The molecule has 0 spiro atoms. The summed E-state index contributed by atoms with van der Waals surface area (Å²) in [7, 11) is 0. The van der Waals surface area contributed by atoms with Crippen LogP contribution in [0.25, 0.3) is 22.6 Å². The fourth-order valence-electron chi connectivity index (χ4n) is 4.15. The standard InChI is InChI=1S/C25H25F2N7O2/c1-24(2,36)12-29-19-17-20(32-23(35)25(17,3)4)31-21(30-19)18-15-9-14(26)10-28-22(15)34(33-18)11-13-7-5-6-8-16(13)27/h5-10,36H,11-12H2,1-4H3,(H2,29,30,31,32,35). The predicted octanol–water partition coefficient (Wildman–Crippen LogP) is 3.63. The van der Waals surface area contributed by atoms with E-state index in [1.54, 1.807) is 45.9 Å². The minimum Gasteiger partial charge on any atom is -0.389 e. The number of aliphatic hydroxyl groups is 1. The third-order valence-corrected chi connectivity index (χ3v) is 6.07. The molecule has 11 heteroatoms. The van der Waals surface area contributed by atoms with Gasteiger partial charge in [0.05, 0.1) is 34.7 Å². The highest BCUT2D eigenvalue weighted by Gasteiger charge is 2.43. The van der Waals surface area contributed by atoms with Crippen molar-refractivity contribution in [2.75, 3.05) is 17.2 Å².